The number of oxazole rings is 1. The van der Waals surface area contributed by atoms with Crippen molar-refractivity contribution >= 4 is 5.96 Å². The molecule has 0 aliphatic carbocycles. The molecule has 1 aromatic heterocycles. The van der Waals surface area contributed by atoms with Gasteiger partial charge in [-0.25, -0.2) is 4.98 Å². The number of aromatic nitrogens is 1. The van der Waals surface area contributed by atoms with Crippen molar-refractivity contribution in [2.45, 2.75) is 19.5 Å². The number of hydrogen-bond donors (Lipinski definition) is 2. The van der Waals surface area contributed by atoms with Gasteiger partial charge < -0.3 is 20.0 Å². The molecule has 152 valence electrons. The first-order valence-corrected chi connectivity index (χ1v) is 9.74. The predicted molar refractivity (Wildman–Crippen MR) is 118 cm³/mol. The Morgan fingerprint density at radius 2 is 1.79 bits per heavy atom. The van der Waals surface area contributed by atoms with Crippen molar-refractivity contribution in [3.8, 4) is 11.5 Å². The van der Waals surface area contributed by atoms with Gasteiger partial charge in [0, 0.05) is 19.2 Å². The van der Waals surface area contributed by atoms with Crippen molar-refractivity contribution in [1.82, 2.24) is 20.5 Å². The second-order valence-electron chi connectivity index (χ2n) is 7.21. The molecule has 0 amide bonds. The number of nitrogens with zero attached hydrogens (tertiary/aromatic N) is 3. The third-order valence-corrected chi connectivity index (χ3v) is 4.78. The standard InChI is InChI=1S/C23H29N5O/c1-17-10-12-18(13-11-17)21(28(3)4)15-26-23(24-2)25-14-20-16-29-22(27-20)19-8-6-5-7-9-19/h5-13,16,21H,14-15H2,1-4H3,(H2,24,25,26). The Labute approximate surface area is 172 Å². The lowest BCUT2D eigenvalue weighted by Crippen LogP contribution is -2.41. The van der Waals surface area contributed by atoms with Gasteiger partial charge in [-0.2, -0.15) is 0 Å². The molecule has 2 N–H and O–H groups in total. The summed E-state index contributed by atoms with van der Waals surface area (Å²) in [5, 5.41) is 6.71. The third kappa shape index (κ3) is 5.68. The van der Waals surface area contributed by atoms with Crippen molar-refractivity contribution in [2.75, 3.05) is 27.7 Å². The molecule has 0 spiro atoms. The van der Waals surface area contributed by atoms with Gasteiger partial charge in [0.25, 0.3) is 0 Å². The fraction of sp³-hybridized carbons (Fsp3) is 0.304. The number of aryl methyl sites for hydroxylation is 1. The summed E-state index contributed by atoms with van der Waals surface area (Å²) < 4.78 is 5.60. The molecule has 0 bridgehead atoms. The van der Waals surface area contributed by atoms with Gasteiger partial charge in [-0.3, -0.25) is 4.99 Å². The van der Waals surface area contributed by atoms with E-state index in [9.17, 15) is 0 Å². The Morgan fingerprint density at radius 1 is 1.07 bits per heavy atom. The van der Waals surface area contributed by atoms with Crippen LogP contribution in [-0.2, 0) is 6.54 Å². The number of likely N-dealkylation sites (N-methyl/N-ethyl adjacent to an activating group) is 1. The van der Waals surface area contributed by atoms with Crippen LogP contribution in [0.15, 0.2) is 70.3 Å². The van der Waals surface area contributed by atoms with E-state index in [2.05, 4.69) is 70.8 Å². The molecule has 0 aliphatic rings. The predicted octanol–water partition coefficient (Wildman–Crippen LogP) is 3.62. The maximum Gasteiger partial charge on any atom is 0.226 e. The lowest BCUT2D eigenvalue weighted by Gasteiger charge is -2.26. The Bertz CT molecular complexity index is 916. The quantitative estimate of drug-likeness (QED) is 0.476. The smallest absolute Gasteiger partial charge is 0.226 e. The van der Waals surface area contributed by atoms with Crippen LogP contribution in [0, 0.1) is 6.92 Å². The van der Waals surface area contributed by atoms with E-state index in [1.807, 2.05) is 30.3 Å². The first-order valence-electron chi connectivity index (χ1n) is 9.74. The van der Waals surface area contributed by atoms with Crippen molar-refractivity contribution in [1.29, 1.82) is 0 Å². The molecule has 1 atom stereocenters. The molecule has 0 saturated carbocycles. The Morgan fingerprint density at radius 3 is 2.45 bits per heavy atom. The third-order valence-electron chi connectivity index (χ3n) is 4.78. The highest BCUT2D eigenvalue weighted by Gasteiger charge is 2.15. The molecule has 1 unspecified atom stereocenters. The van der Waals surface area contributed by atoms with E-state index in [-0.39, 0.29) is 6.04 Å². The van der Waals surface area contributed by atoms with Gasteiger partial charge >= 0.3 is 0 Å². The Balaban J connectivity index is 1.56. The van der Waals surface area contributed by atoms with E-state index in [1.54, 1.807) is 13.3 Å². The van der Waals surface area contributed by atoms with Crippen LogP contribution < -0.4 is 10.6 Å². The van der Waals surface area contributed by atoms with Gasteiger partial charge in [0.15, 0.2) is 5.96 Å². The average Bonchev–Trinajstić information content (AvgIpc) is 3.21. The van der Waals surface area contributed by atoms with Gasteiger partial charge in [-0.15, -0.1) is 0 Å². The zero-order valence-corrected chi connectivity index (χ0v) is 17.5. The molecular weight excluding hydrogens is 362 g/mol. The van der Waals surface area contributed by atoms with Gasteiger partial charge in [0.05, 0.1) is 18.3 Å². The summed E-state index contributed by atoms with van der Waals surface area (Å²) in [6, 6.07) is 18.8. The number of aliphatic imine (C=N–C) groups is 1. The molecular formula is C23H29N5O. The fourth-order valence-corrected chi connectivity index (χ4v) is 3.08. The summed E-state index contributed by atoms with van der Waals surface area (Å²) in [6.07, 6.45) is 1.68. The maximum absolute atomic E-state index is 5.60. The van der Waals surface area contributed by atoms with Crippen molar-refractivity contribution in [3.05, 3.63) is 77.7 Å². The molecule has 3 rings (SSSR count). The minimum absolute atomic E-state index is 0.242. The molecule has 6 heteroatoms. The minimum Gasteiger partial charge on any atom is -0.444 e. The van der Waals surface area contributed by atoms with Crippen LogP contribution in [0.1, 0.15) is 22.9 Å². The highest BCUT2D eigenvalue weighted by molar-refractivity contribution is 5.79. The molecule has 3 aromatic rings. The second-order valence-corrected chi connectivity index (χ2v) is 7.21. The molecule has 2 aromatic carbocycles. The largest absolute Gasteiger partial charge is 0.444 e. The van der Waals surface area contributed by atoms with Crippen LogP contribution in [0.4, 0.5) is 0 Å². The maximum atomic E-state index is 5.60. The summed E-state index contributed by atoms with van der Waals surface area (Å²) >= 11 is 0. The zero-order valence-electron chi connectivity index (χ0n) is 17.5. The highest BCUT2D eigenvalue weighted by atomic mass is 16.3. The highest BCUT2D eigenvalue weighted by Crippen LogP contribution is 2.19. The monoisotopic (exact) mass is 391 g/mol. The van der Waals surface area contributed by atoms with E-state index in [0.717, 1.165) is 23.8 Å². The average molecular weight is 392 g/mol. The number of hydrogen-bond acceptors (Lipinski definition) is 4. The van der Waals surface area contributed by atoms with Gasteiger partial charge in [-0.05, 0) is 38.7 Å². The molecule has 0 saturated heterocycles. The molecule has 1 heterocycles. The minimum atomic E-state index is 0.242. The number of nitrogens with one attached hydrogen (secondary N) is 2. The zero-order chi connectivity index (χ0) is 20.6. The van der Waals surface area contributed by atoms with E-state index >= 15 is 0 Å². The van der Waals surface area contributed by atoms with Crippen molar-refractivity contribution in [3.63, 3.8) is 0 Å². The first-order chi connectivity index (χ1) is 14.1. The van der Waals surface area contributed by atoms with Crippen LogP contribution in [-0.4, -0.2) is 43.5 Å². The van der Waals surface area contributed by atoms with E-state index < -0.39 is 0 Å². The second kappa shape index (κ2) is 9.89. The lowest BCUT2D eigenvalue weighted by molar-refractivity contribution is 0.298. The number of rotatable bonds is 7. The lowest BCUT2D eigenvalue weighted by atomic mass is 10.0. The SMILES string of the molecule is CN=C(NCc1coc(-c2ccccc2)n1)NCC(c1ccc(C)cc1)N(C)C. The fourth-order valence-electron chi connectivity index (χ4n) is 3.08. The van der Waals surface area contributed by atoms with Crippen LogP contribution in [0.5, 0.6) is 0 Å². The molecule has 29 heavy (non-hydrogen) atoms. The van der Waals surface area contributed by atoms with Gasteiger partial charge in [0.2, 0.25) is 5.89 Å². The topological polar surface area (TPSA) is 65.7 Å². The summed E-state index contributed by atoms with van der Waals surface area (Å²) in [5.41, 5.74) is 4.33. The molecule has 0 fully saturated rings. The molecule has 0 aliphatic heterocycles. The number of guanidine groups is 1. The van der Waals surface area contributed by atoms with E-state index in [0.29, 0.717) is 12.4 Å². The van der Waals surface area contributed by atoms with Crippen LogP contribution in [0.3, 0.4) is 0 Å². The van der Waals surface area contributed by atoms with Crippen LogP contribution in [0.25, 0.3) is 11.5 Å². The van der Waals surface area contributed by atoms with E-state index in [4.69, 9.17) is 4.42 Å². The Hall–Kier alpha value is -3.12. The van der Waals surface area contributed by atoms with E-state index in [1.165, 1.54) is 11.1 Å². The molecule has 6 nitrogen and oxygen atoms in total. The summed E-state index contributed by atoms with van der Waals surface area (Å²) in [7, 11) is 5.94. The van der Waals surface area contributed by atoms with Crippen LogP contribution >= 0.6 is 0 Å². The molecule has 0 radical (unpaired) electrons. The van der Waals surface area contributed by atoms with Gasteiger partial charge in [-0.1, -0.05) is 48.0 Å². The normalized spacial score (nSPS) is 12.8. The summed E-state index contributed by atoms with van der Waals surface area (Å²) in [6.45, 7) is 3.38. The Kier molecular flexibility index (Phi) is 7.03. The van der Waals surface area contributed by atoms with Crippen molar-refractivity contribution < 1.29 is 4.42 Å². The number of benzene rings is 2. The van der Waals surface area contributed by atoms with Gasteiger partial charge in [0.1, 0.15) is 6.26 Å². The first kappa shape index (κ1) is 20.6. The summed E-state index contributed by atoms with van der Waals surface area (Å²) in [5.74, 6) is 1.35. The van der Waals surface area contributed by atoms with Crippen molar-refractivity contribution in [2.24, 2.45) is 4.99 Å². The van der Waals surface area contributed by atoms with Crippen LogP contribution in [0.2, 0.25) is 0 Å². The summed E-state index contributed by atoms with van der Waals surface area (Å²) in [4.78, 5) is 11.1.